The number of carboxylic acids is 1. The van der Waals surface area contributed by atoms with Gasteiger partial charge in [-0.1, -0.05) is 39.5 Å². The van der Waals surface area contributed by atoms with E-state index < -0.39 is 35.2 Å². The number of aliphatic hydroxyl groups excluding tert-OH is 1. The molecule has 0 aromatic heterocycles. The average molecular weight is 418 g/mol. The minimum atomic E-state index is -4.43. The number of hydrogen-bond acceptors (Lipinski definition) is 3. The highest BCUT2D eigenvalue weighted by molar-refractivity contribution is 5.78. The van der Waals surface area contributed by atoms with E-state index in [1.54, 1.807) is 0 Å². The van der Waals surface area contributed by atoms with Gasteiger partial charge in [0, 0.05) is 6.42 Å². The van der Waals surface area contributed by atoms with Gasteiger partial charge in [0.2, 0.25) is 0 Å². The maximum absolute atomic E-state index is 13.7. The summed E-state index contributed by atoms with van der Waals surface area (Å²) in [4.78, 5) is 12.4. The van der Waals surface area contributed by atoms with Gasteiger partial charge >= 0.3 is 12.1 Å². The Labute approximate surface area is 170 Å². The Balaban J connectivity index is 2.32. The fraction of sp³-hybridized carbons (Fsp3) is 0.773. The second kappa shape index (κ2) is 9.43. The number of carbonyl (C=O) groups is 1. The van der Waals surface area contributed by atoms with Gasteiger partial charge in [0.15, 0.2) is 0 Å². The summed E-state index contributed by atoms with van der Waals surface area (Å²) in [6, 6.07) is 0. The summed E-state index contributed by atoms with van der Waals surface area (Å²) in [5.74, 6) is -1.20. The monoisotopic (exact) mass is 418 g/mol. The van der Waals surface area contributed by atoms with Crippen molar-refractivity contribution in [1.82, 2.24) is 0 Å². The number of aliphatic carboxylic acids is 1. The standard InChI is InChI=1S/C22H33F3O4/c1-3-4-12-20(2,22(23,24)25)13-10-18(26)21(19(27)28,16-7-5-6-8-16)14-9-17-11-15-29-17/h10-11,16,26H,3-9,12-15H2,1-2H3,(H,27,28)/b18-10+/t20?,21-/m0/s1. The van der Waals surface area contributed by atoms with Crippen LogP contribution in [0.5, 0.6) is 0 Å². The smallest absolute Gasteiger partial charge is 0.394 e. The van der Waals surface area contributed by atoms with Gasteiger partial charge in [-0.3, -0.25) is 4.79 Å². The molecule has 0 aromatic rings. The summed E-state index contributed by atoms with van der Waals surface area (Å²) in [6.45, 7) is 3.47. The molecule has 2 rings (SSSR count). The number of halogens is 3. The molecule has 0 saturated heterocycles. The molecular weight excluding hydrogens is 385 g/mol. The van der Waals surface area contributed by atoms with Crippen molar-refractivity contribution < 1.29 is 32.9 Å². The average Bonchev–Trinajstić information content (AvgIpc) is 3.13. The lowest BCUT2D eigenvalue weighted by Crippen LogP contribution is -2.41. The molecule has 2 atom stereocenters. The molecule has 1 saturated carbocycles. The molecule has 1 aliphatic heterocycles. The zero-order valence-electron chi connectivity index (χ0n) is 17.4. The molecule has 0 amide bonds. The molecule has 0 radical (unpaired) electrons. The molecule has 2 aliphatic rings. The SMILES string of the molecule is CCCCC(C)(C/C=C(/O)[C@@](CCC1=CCO1)(C(=O)O)C1CCCC1)C(F)(F)F. The molecule has 29 heavy (non-hydrogen) atoms. The molecule has 1 heterocycles. The van der Waals surface area contributed by atoms with E-state index in [1.807, 2.05) is 13.0 Å². The van der Waals surface area contributed by atoms with Gasteiger partial charge in [0.1, 0.15) is 17.8 Å². The zero-order valence-corrected chi connectivity index (χ0v) is 17.4. The fourth-order valence-corrected chi connectivity index (χ4v) is 4.48. The van der Waals surface area contributed by atoms with Crippen molar-refractivity contribution in [2.75, 3.05) is 6.61 Å². The molecule has 7 heteroatoms. The van der Waals surface area contributed by atoms with E-state index in [0.717, 1.165) is 25.8 Å². The highest BCUT2D eigenvalue weighted by atomic mass is 19.4. The minimum Gasteiger partial charge on any atom is -0.511 e. The Morgan fingerprint density at radius 1 is 1.24 bits per heavy atom. The molecule has 1 aliphatic carbocycles. The van der Waals surface area contributed by atoms with E-state index in [4.69, 9.17) is 4.74 Å². The van der Waals surface area contributed by atoms with E-state index in [0.29, 0.717) is 44.5 Å². The first kappa shape index (κ1) is 23.6. The molecule has 0 bridgehead atoms. The lowest BCUT2D eigenvalue weighted by Gasteiger charge is -2.36. The molecule has 0 spiro atoms. The van der Waals surface area contributed by atoms with Crippen LogP contribution in [-0.4, -0.2) is 29.0 Å². The Morgan fingerprint density at radius 3 is 2.31 bits per heavy atom. The van der Waals surface area contributed by atoms with Crippen LogP contribution in [0.2, 0.25) is 0 Å². The lowest BCUT2D eigenvalue weighted by atomic mass is 9.68. The maximum atomic E-state index is 13.7. The van der Waals surface area contributed by atoms with Crippen LogP contribution in [0.25, 0.3) is 0 Å². The molecule has 1 fully saturated rings. The predicted molar refractivity (Wildman–Crippen MR) is 104 cm³/mol. The fourth-order valence-electron chi connectivity index (χ4n) is 4.48. The van der Waals surface area contributed by atoms with E-state index in [9.17, 15) is 28.2 Å². The van der Waals surface area contributed by atoms with Crippen LogP contribution >= 0.6 is 0 Å². The van der Waals surface area contributed by atoms with Gasteiger partial charge in [0.05, 0.1) is 11.2 Å². The third-order valence-electron chi connectivity index (χ3n) is 6.75. The number of ether oxygens (including phenoxy) is 1. The third kappa shape index (κ3) is 5.10. The number of carboxylic acid groups (broad SMARTS) is 1. The summed E-state index contributed by atoms with van der Waals surface area (Å²) in [5.41, 5.74) is -3.55. The van der Waals surface area contributed by atoms with E-state index in [-0.39, 0.29) is 18.8 Å². The molecule has 166 valence electrons. The largest absolute Gasteiger partial charge is 0.511 e. The van der Waals surface area contributed by atoms with Crippen molar-refractivity contribution >= 4 is 5.97 Å². The number of unbranched alkanes of at least 4 members (excludes halogenated alkanes) is 1. The van der Waals surface area contributed by atoms with Gasteiger partial charge in [0.25, 0.3) is 0 Å². The van der Waals surface area contributed by atoms with Crippen LogP contribution < -0.4 is 0 Å². The van der Waals surface area contributed by atoms with Crippen molar-refractivity contribution in [3.8, 4) is 0 Å². The van der Waals surface area contributed by atoms with Gasteiger partial charge in [-0.25, -0.2) is 0 Å². The second-order valence-corrected chi connectivity index (χ2v) is 8.69. The molecule has 2 N–H and O–H groups in total. The molecule has 0 aromatic carbocycles. The van der Waals surface area contributed by atoms with Crippen molar-refractivity contribution in [1.29, 1.82) is 0 Å². The third-order valence-corrected chi connectivity index (χ3v) is 6.75. The van der Waals surface area contributed by atoms with Crippen molar-refractivity contribution in [3.05, 3.63) is 23.7 Å². The molecular formula is C22H33F3O4. The van der Waals surface area contributed by atoms with Gasteiger partial charge in [-0.2, -0.15) is 13.2 Å². The van der Waals surface area contributed by atoms with Crippen molar-refractivity contribution in [2.24, 2.45) is 16.7 Å². The van der Waals surface area contributed by atoms with Crippen LogP contribution in [0, 0.1) is 16.7 Å². The first-order valence-corrected chi connectivity index (χ1v) is 10.6. The Morgan fingerprint density at radius 2 is 1.86 bits per heavy atom. The summed E-state index contributed by atoms with van der Waals surface area (Å²) < 4.78 is 46.3. The number of alkyl halides is 3. The quantitative estimate of drug-likeness (QED) is 0.374. The summed E-state index contributed by atoms with van der Waals surface area (Å²) in [6.07, 6.45) is 2.64. The van der Waals surface area contributed by atoms with Gasteiger partial charge < -0.3 is 14.9 Å². The Kier molecular flexibility index (Phi) is 7.68. The Bertz CT molecular complexity index is 634. The van der Waals surface area contributed by atoms with Crippen LogP contribution in [0.1, 0.15) is 78.1 Å². The lowest BCUT2D eigenvalue weighted by molar-refractivity contribution is -0.219. The molecule has 1 unspecified atom stereocenters. The normalized spacial score (nSPS) is 22.2. The molecule has 4 nitrogen and oxygen atoms in total. The summed E-state index contributed by atoms with van der Waals surface area (Å²) in [5, 5.41) is 21.0. The van der Waals surface area contributed by atoms with Crippen molar-refractivity contribution in [2.45, 2.75) is 84.2 Å². The first-order valence-electron chi connectivity index (χ1n) is 10.6. The first-order chi connectivity index (χ1) is 13.6. The van der Waals surface area contributed by atoms with E-state index in [1.165, 1.54) is 0 Å². The van der Waals surface area contributed by atoms with Gasteiger partial charge in [-0.05, 0) is 50.2 Å². The van der Waals surface area contributed by atoms with Crippen LogP contribution in [0.3, 0.4) is 0 Å². The highest BCUT2D eigenvalue weighted by Crippen LogP contribution is 2.50. The van der Waals surface area contributed by atoms with Crippen LogP contribution in [0.15, 0.2) is 23.7 Å². The van der Waals surface area contributed by atoms with Crippen LogP contribution in [-0.2, 0) is 9.53 Å². The number of aliphatic hydroxyl groups is 1. The number of allylic oxidation sites excluding steroid dienone is 2. The number of rotatable bonds is 11. The summed E-state index contributed by atoms with van der Waals surface area (Å²) >= 11 is 0. The highest BCUT2D eigenvalue weighted by Gasteiger charge is 2.52. The minimum absolute atomic E-state index is 0.0546. The van der Waals surface area contributed by atoms with Crippen LogP contribution in [0.4, 0.5) is 13.2 Å². The topological polar surface area (TPSA) is 66.8 Å². The van der Waals surface area contributed by atoms with Gasteiger partial charge in [-0.15, -0.1) is 0 Å². The van der Waals surface area contributed by atoms with E-state index in [2.05, 4.69) is 0 Å². The Hall–Kier alpha value is -1.66. The predicted octanol–water partition coefficient (Wildman–Crippen LogP) is 6.53. The van der Waals surface area contributed by atoms with E-state index >= 15 is 0 Å². The second-order valence-electron chi connectivity index (χ2n) is 8.69. The maximum Gasteiger partial charge on any atom is 0.394 e. The summed E-state index contributed by atoms with van der Waals surface area (Å²) in [7, 11) is 0. The zero-order chi connectivity index (χ0) is 21.7. The number of hydrogen-bond donors (Lipinski definition) is 2. The van der Waals surface area contributed by atoms with Crippen molar-refractivity contribution in [3.63, 3.8) is 0 Å².